The molecule has 60 valence electrons. The molecular weight excluding hydrogens is 187 g/mol. The molecule has 1 rings (SSSR count). The molecule has 1 fully saturated rings. The van der Waals surface area contributed by atoms with Crippen molar-refractivity contribution < 1.29 is 27.4 Å². The number of hydrogen-bond acceptors (Lipinski definition) is 2. The summed E-state index contributed by atoms with van der Waals surface area (Å²) in [6, 6.07) is 0. The maximum absolute atomic E-state index is 10.2. The van der Waals surface area contributed by atoms with E-state index in [1.54, 1.807) is 6.92 Å². The van der Waals surface area contributed by atoms with E-state index in [9.17, 15) is 4.57 Å². The monoisotopic (exact) mass is 198 g/mol. The van der Waals surface area contributed by atoms with E-state index in [0.717, 1.165) is 0 Å². The summed E-state index contributed by atoms with van der Waals surface area (Å²) in [5.74, 6) is -0.817. The van der Waals surface area contributed by atoms with Crippen LogP contribution >= 0.6 is 7.60 Å². The van der Waals surface area contributed by atoms with Gasteiger partial charge in [-0.2, -0.15) is 0 Å². The largest absolute Gasteiger partial charge is 2.00 e. The summed E-state index contributed by atoms with van der Waals surface area (Å²) in [4.78, 5) is 16.6. The minimum atomic E-state index is -3.90. The zero-order valence-electron chi connectivity index (χ0n) is 7.52. The van der Waals surface area contributed by atoms with Gasteiger partial charge in [-0.1, -0.05) is 0 Å². The topological polar surface area (TPSA) is 102 Å². The molecule has 0 amide bonds. The maximum Gasteiger partial charge on any atom is 2.00 e. The molecule has 1 aliphatic rings. The van der Waals surface area contributed by atoms with Crippen molar-refractivity contribution in [3.05, 3.63) is 0 Å². The summed E-state index contributed by atoms with van der Waals surface area (Å²) in [5, 5.41) is 0. The van der Waals surface area contributed by atoms with Crippen LogP contribution in [0.15, 0.2) is 0 Å². The van der Waals surface area contributed by atoms with Crippen LogP contribution in [0.25, 0.3) is 0 Å². The third-order valence-corrected chi connectivity index (χ3v) is 2.22. The summed E-state index contributed by atoms with van der Waals surface area (Å²) >= 11 is 0. The Balaban J connectivity index is -0.0000000800. The predicted octanol–water partition coefficient (Wildman–Crippen LogP) is -1.07. The van der Waals surface area contributed by atoms with E-state index in [0.29, 0.717) is 0 Å². The van der Waals surface area contributed by atoms with E-state index in [4.69, 9.17) is 9.79 Å². The standard InChI is InChI=1S/C3H7O4P.Ca.H2O.2H/c1-2-3(7-2)8(4,5)6;;;;/h2-3H,1H3,(H2,4,5,6);;1H2;;/q;+2;;2*-1/t2-,3+;;;;/m0..../s1. The minimum absolute atomic E-state index is 0. The first-order valence-electron chi connectivity index (χ1n) is 2.22. The SMILES string of the molecule is C[C@@H]1O[C@@H]1P(=O)(O)O.O.[Ca+2].[H-].[H-]. The maximum atomic E-state index is 10.2. The molecule has 0 saturated carbocycles. The fourth-order valence-electron chi connectivity index (χ4n) is 0.527. The Morgan fingerprint density at radius 1 is 1.60 bits per heavy atom. The Morgan fingerprint density at radius 2 is 1.90 bits per heavy atom. The van der Waals surface area contributed by atoms with Gasteiger partial charge in [0.25, 0.3) is 0 Å². The van der Waals surface area contributed by atoms with Gasteiger partial charge in [-0.15, -0.1) is 0 Å². The van der Waals surface area contributed by atoms with Gasteiger partial charge in [0.05, 0.1) is 6.10 Å². The van der Waals surface area contributed by atoms with Crippen LogP contribution in [0.4, 0.5) is 0 Å². The molecule has 0 aromatic rings. The van der Waals surface area contributed by atoms with E-state index in [1.807, 2.05) is 0 Å². The summed E-state index contributed by atoms with van der Waals surface area (Å²) in [5.41, 5.74) is 0. The van der Waals surface area contributed by atoms with Crippen LogP contribution < -0.4 is 0 Å². The average molecular weight is 198 g/mol. The van der Waals surface area contributed by atoms with Gasteiger partial charge in [0.1, 0.15) is 0 Å². The molecule has 1 aliphatic heterocycles. The second kappa shape index (κ2) is 4.38. The van der Waals surface area contributed by atoms with Crippen molar-refractivity contribution in [2.45, 2.75) is 18.9 Å². The van der Waals surface area contributed by atoms with E-state index >= 15 is 0 Å². The van der Waals surface area contributed by atoms with Crippen LogP contribution in [0, 0.1) is 0 Å². The molecule has 7 heteroatoms. The molecule has 10 heavy (non-hydrogen) atoms. The Kier molecular flexibility index (Phi) is 6.08. The first-order chi connectivity index (χ1) is 3.52. The second-order valence-corrected chi connectivity index (χ2v) is 3.51. The molecular formula is C3H11CaO5P. The molecule has 4 N–H and O–H groups in total. The summed E-state index contributed by atoms with van der Waals surface area (Å²) in [6.07, 6.45) is -0.254. The van der Waals surface area contributed by atoms with Crippen LogP contribution in [0.2, 0.25) is 0 Å². The smallest absolute Gasteiger partial charge is 1.00 e. The second-order valence-electron chi connectivity index (χ2n) is 1.82. The number of epoxide rings is 1. The van der Waals surface area contributed by atoms with E-state index < -0.39 is 13.4 Å². The van der Waals surface area contributed by atoms with Crippen molar-refractivity contribution in [1.29, 1.82) is 0 Å². The van der Waals surface area contributed by atoms with Crippen LogP contribution in [-0.4, -0.2) is 65.0 Å². The van der Waals surface area contributed by atoms with Crippen molar-refractivity contribution in [3.63, 3.8) is 0 Å². The van der Waals surface area contributed by atoms with Gasteiger partial charge in [0.2, 0.25) is 0 Å². The van der Waals surface area contributed by atoms with E-state index in [-0.39, 0.29) is 52.2 Å². The molecule has 0 aliphatic carbocycles. The van der Waals surface area contributed by atoms with Crippen LogP contribution in [0.1, 0.15) is 9.78 Å². The minimum Gasteiger partial charge on any atom is -1.00 e. The third kappa shape index (κ3) is 3.64. The molecule has 0 aromatic carbocycles. The van der Waals surface area contributed by atoms with Gasteiger partial charge in [-0.25, -0.2) is 0 Å². The number of ether oxygens (including phenoxy) is 1. The third-order valence-electron chi connectivity index (χ3n) is 1.01. The molecule has 1 heterocycles. The van der Waals surface area contributed by atoms with E-state index in [1.165, 1.54) is 0 Å². The van der Waals surface area contributed by atoms with Crippen LogP contribution in [0.3, 0.4) is 0 Å². The van der Waals surface area contributed by atoms with Gasteiger partial charge < -0.3 is 22.9 Å². The van der Waals surface area contributed by atoms with Gasteiger partial charge in [0.15, 0.2) is 5.85 Å². The number of hydrogen-bond donors (Lipinski definition) is 2. The fourth-order valence-corrected chi connectivity index (χ4v) is 1.42. The van der Waals surface area contributed by atoms with Crippen molar-refractivity contribution in [2.75, 3.05) is 0 Å². The molecule has 2 atom stereocenters. The van der Waals surface area contributed by atoms with Crippen molar-refractivity contribution >= 4 is 45.3 Å². The average Bonchev–Trinajstić information content (AvgIpc) is 2.13. The normalized spacial score (nSPS) is 29.9. The van der Waals surface area contributed by atoms with E-state index in [2.05, 4.69) is 4.74 Å². The van der Waals surface area contributed by atoms with Gasteiger partial charge in [-0.05, 0) is 6.92 Å². The Labute approximate surface area is 91.2 Å². The quantitative estimate of drug-likeness (QED) is 0.318. The van der Waals surface area contributed by atoms with Gasteiger partial charge in [-0.3, -0.25) is 4.57 Å². The Bertz CT molecular complexity index is 152. The zero-order valence-corrected chi connectivity index (χ0v) is 8.62. The first-order valence-corrected chi connectivity index (χ1v) is 3.90. The molecule has 0 unspecified atom stereocenters. The Morgan fingerprint density at radius 3 is 1.90 bits per heavy atom. The first kappa shape index (κ1) is 13.9. The molecule has 0 radical (unpaired) electrons. The fraction of sp³-hybridized carbons (Fsp3) is 1.00. The van der Waals surface area contributed by atoms with Gasteiger partial charge >= 0.3 is 45.3 Å². The van der Waals surface area contributed by atoms with Crippen LogP contribution in [-0.2, 0) is 9.30 Å². The molecule has 1 saturated heterocycles. The summed E-state index contributed by atoms with van der Waals surface area (Å²) in [7, 11) is -3.90. The Hall–Kier alpha value is 1.33. The molecule has 0 bridgehead atoms. The summed E-state index contributed by atoms with van der Waals surface area (Å²) in [6.45, 7) is 1.63. The number of rotatable bonds is 1. The predicted molar refractivity (Wildman–Crippen MR) is 38.0 cm³/mol. The summed E-state index contributed by atoms with van der Waals surface area (Å²) < 4.78 is 14.7. The molecule has 0 aromatic heterocycles. The van der Waals surface area contributed by atoms with Crippen LogP contribution in [0.5, 0.6) is 0 Å². The van der Waals surface area contributed by atoms with Crippen molar-refractivity contribution in [3.8, 4) is 0 Å². The van der Waals surface area contributed by atoms with Gasteiger partial charge in [0, 0.05) is 0 Å². The molecule has 0 spiro atoms. The zero-order chi connectivity index (χ0) is 6.36. The molecule has 5 nitrogen and oxygen atoms in total. The van der Waals surface area contributed by atoms with Crippen molar-refractivity contribution in [2.24, 2.45) is 0 Å². The van der Waals surface area contributed by atoms with Crippen molar-refractivity contribution in [1.82, 2.24) is 0 Å².